The smallest absolute Gasteiger partial charge is 0.296 e. The fourth-order valence-corrected chi connectivity index (χ4v) is 1.69. The molecule has 0 saturated carbocycles. The zero-order chi connectivity index (χ0) is 13.6. The number of anilines is 2. The van der Waals surface area contributed by atoms with Crippen LogP contribution in [-0.4, -0.2) is 14.3 Å². The molecule has 0 fully saturated rings. The van der Waals surface area contributed by atoms with Gasteiger partial charge >= 0.3 is 0 Å². The summed E-state index contributed by atoms with van der Waals surface area (Å²) < 4.78 is 23.8. The summed E-state index contributed by atoms with van der Waals surface area (Å²) in [6, 6.07) is 6.19. The second-order valence-electron chi connectivity index (χ2n) is 3.48. The summed E-state index contributed by atoms with van der Waals surface area (Å²) in [6.07, 6.45) is 5.60. The SMILES string of the molecule is C#CCCC(=O)Nc1cccc(NS(N)(=O)=O)c1. The van der Waals surface area contributed by atoms with Crippen molar-refractivity contribution < 1.29 is 13.2 Å². The average Bonchev–Trinajstić information content (AvgIpc) is 2.24. The van der Waals surface area contributed by atoms with Crippen LogP contribution >= 0.6 is 0 Å². The first-order valence-corrected chi connectivity index (χ1v) is 6.59. The number of carbonyl (C=O) groups is 1. The van der Waals surface area contributed by atoms with Crippen molar-refractivity contribution in [3.63, 3.8) is 0 Å². The quantitative estimate of drug-likeness (QED) is 0.683. The molecule has 0 aromatic heterocycles. The number of rotatable bonds is 5. The molecule has 0 unspecified atom stereocenters. The monoisotopic (exact) mass is 267 g/mol. The van der Waals surface area contributed by atoms with Gasteiger partial charge in [-0.15, -0.1) is 12.3 Å². The molecule has 0 aliphatic carbocycles. The highest BCUT2D eigenvalue weighted by Crippen LogP contribution is 2.15. The predicted octanol–water partition coefficient (Wildman–Crippen LogP) is 0.654. The van der Waals surface area contributed by atoms with Gasteiger partial charge in [-0.1, -0.05) is 6.07 Å². The molecule has 0 radical (unpaired) electrons. The molecule has 6 nitrogen and oxygen atoms in total. The summed E-state index contributed by atoms with van der Waals surface area (Å²) in [5, 5.41) is 7.43. The highest BCUT2D eigenvalue weighted by atomic mass is 32.2. The lowest BCUT2D eigenvalue weighted by atomic mass is 10.2. The molecule has 0 bridgehead atoms. The topological polar surface area (TPSA) is 101 Å². The van der Waals surface area contributed by atoms with Crippen molar-refractivity contribution in [2.24, 2.45) is 5.14 Å². The van der Waals surface area contributed by atoms with Gasteiger partial charge in [-0.05, 0) is 18.2 Å². The fraction of sp³-hybridized carbons (Fsp3) is 0.182. The van der Waals surface area contributed by atoms with Crippen LogP contribution in [0.1, 0.15) is 12.8 Å². The van der Waals surface area contributed by atoms with Crippen LogP contribution in [0.2, 0.25) is 0 Å². The molecule has 0 aliphatic heterocycles. The van der Waals surface area contributed by atoms with E-state index in [1.165, 1.54) is 12.1 Å². The zero-order valence-electron chi connectivity index (χ0n) is 9.51. The number of terminal acetylenes is 1. The number of hydrogen-bond acceptors (Lipinski definition) is 3. The molecule has 18 heavy (non-hydrogen) atoms. The van der Waals surface area contributed by atoms with Gasteiger partial charge in [0.1, 0.15) is 0 Å². The summed E-state index contributed by atoms with van der Waals surface area (Å²) in [5.74, 6) is 2.12. The predicted molar refractivity (Wildman–Crippen MR) is 69.9 cm³/mol. The maximum absolute atomic E-state index is 11.4. The molecule has 7 heteroatoms. The van der Waals surface area contributed by atoms with Crippen LogP contribution in [0.3, 0.4) is 0 Å². The molecule has 1 rings (SSSR count). The molecule has 0 aliphatic rings. The van der Waals surface area contributed by atoms with E-state index >= 15 is 0 Å². The molecule has 0 spiro atoms. The molecule has 0 saturated heterocycles. The van der Waals surface area contributed by atoms with Gasteiger partial charge in [0.2, 0.25) is 5.91 Å². The first kappa shape index (κ1) is 14.0. The normalized spacial score (nSPS) is 10.4. The third-order valence-corrected chi connectivity index (χ3v) is 2.42. The van der Waals surface area contributed by atoms with Gasteiger partial charge in [0.15, 0.2) is 0 Å². The van der Waals surface area contributed by atoms with Crippen molar-refractivity contribution in [3.05, 3.63) is 24.3 Å². The minimum atomic E-state index is -3.83. The van der Waals surface area contributed by atoms with Crippen molar-refractivity contribution in [3.8, 4) is 12.3 Å². The van der Waals surface area contributed by atoms with E-state index < -0.39 is 10.2 Å². The molecule has 1 aromatic carbocycles. The largest absolute Gasteiger partial charge is 0.326 e. The Hall–Kier alpha value is -2.04. The number of hydrogen-bond donors (Lipinski definition) is 3. The van der Waals surface area contributed by atoms with E-state index in [9.17, 15) is 13.2 Å². The van der Waals surface area contributed by atoms with Crippen LogP contribution in [0.4, 0.5) is 11.4 Å². The summed E-state index contributed by atoms with van der Waals surface area (Å²) in [7, 11) is -3.83. The third-order valence-electron chi connectivity index (χ3n) is 1.90. The van der Waals surface area contributed by atoms with Crippen molar-refractivity contribution in [2.45, 2.75) is 12.8 Å². The van der Waals surface area contributed by atoms with Crippen LogP contribution in [0.5, 0.6) is 0 Å². The standard InChI is InChI=1S/C11H13N3O3S/c1-2-3-7-11(15)13-9-5-4-6-10(8-9)14-18(12,16)17/h1,4-6,8,14H,3,7H2,(H,13,15)(H2,12,16,17). The molecule has 0 heterocycles. The van der Waals surface area contributed by atoms with Gasteiger partial charge in [-0.3, -0.25) is 9.52 Å². The van der Waals surface area contributed by atoms with Gasteiger partial charge in [-0.25, -0.2) is 5.14 Å². The number of amides is 1. The molecule has 4 N–H and O–H groups in total. The molecule has 0 atom stereocenters. The lowest BCUT2D eigenvalue weighted by Crippen LogP contribution is -2.21. The number of nitrogens with two attached hydrogens (primary N) is 1. The molecular formula is C11H13N3O3S. The third kappa shape index (κ3) is 5.34. The Morgan fingerprint density at radius 1 is 1.39 bits per heavy atom. The van der Waals surface area contributed by atoms with Gasteiger partial charge in [0.25, 0.3) is 10.2 Å². The van der Waals surface area contributed by atoms with Crippen molar-refractivity contribution >= 4 is 27.5 Å². The number of nitrogens with one attached hydrogen (secondary N) is 2. The Morgan fingerprint density at radius 2 is 2.06 bits per heavy atom. The molecule has 1 amide bonds. The van der Waals surface area contributed by atoms with Crippen LogP contribution in [0.25, 0.3) is 0 Å². The first-order chi connectivity index (χ1) is 8.40. The fourth-order valence-electron chi connectivity index (χ4n) is 1.23. The van der Waals surface area contributed by atoms with E-state index in [4.69, 9.17) is 11.6 Å². The lowest BCUT2D eigenvalue weighted by molar-refractivity contribution is -0.116. The van der Waals surface area contributed by atoms with Crippen molar-refractivity contribution in [1.29, 1.82) is 0 Å². The van der Waals surface area contributed by atoms with Crippen LogP contribution < -0.4 is 15.2 Å². The van der Waals surface area contributed by atoms with Gasteiger partial charge in [0.05, 0.1) is 5.69 Å². The number of carbonyl (C=O) groups excluding carboxylic acids is 1. The summed E-state index contributed by atoms with van der Waals surface area (Å²) in [4.78, 5) is 11.4. The highest BCUT2D eigenvalue weighted by molar-refractivity contribution is 7.90. The van der Waals surface area contributed by atoms with Crippen molar-refractivity contribution in [2.75, 3.05) is 10.0 Å². The maximum atomic E-state index is 11.4. The summed E-state index contributed by atoms with van der Waals surface area (Å²) in [5.41, 5.74) is 0.734. The molecule has 96 valence electrons. The Morgan fingerprint density at radius 3 is 2.67 bits per heavy atom. The van der Waals surface area contributed by atoms with Crippen LogP contribution in [-0.2, 0) is 15.0 Å². The van der Waals surface area contributed by atoms with E-state index in [0.717, 1.165) is 0 Å². The second-order valence-corrected chi connectivity index (χ2v) is 4.77. The Kier molecular flexibility index (Phi) is 4.71. The molecule has 1 aromatic rings. The van der Waals surface area contributed by atoms with E-state index in [1.54, 1.807) is 12.1 Å². The van der Waals surface area contributed by atoms with E-state index in [0.29, 0.717) is 12.1 Å². The Bertz CT molecular complexity index is 575. The maximum Gasteiger partial charge on any atom is 0.296 e. The lowest BCUT2D eigenvalue weighted by Gasteiger charge is -2.07. The second kappa shape index (κ2) is 6.05. The average molecular weight is 267 g/mol. The molecular weight excluding hydrogens is 254 g/mol. The minimum Gasteiger partial charge on any atom is -0.326 e. The summed E-state index contributed by atoms with van der Waals surface area (Å²) >= 11 is 0. The van der Waals surface area contributed by atoms with E-state index in [-0.39, 0.29) is 18.0 Å². The first-order valence-electron chi connectivity index (χ1n) is 5.04. The Balaban J connectivity index is 2.71. The summed E-state index contributed by atoms with van der Waals surface area (Å²) in [6.45, 7) is 0. The minimum absolute atomic E-state index is 0.212. The van der Waals surface area contributed by atoms with E-state index in [2.05, 4.69) is 16.0 Å². The van der Waals surface area contributed by atoms with Crippen LogP contribution in [0.15, 0.2) is 24.3 Å². The van der Waals surface area contributed by atoms with Gasteiger partial charge in [0, 0.05) is 18.5 Å². The Labute approximate surface area is 106 Å². The highest BCUT2D eigenvalue weighted by Gasteiger charge is 2.05. The van der Waals surface area contributed by atoms with E-state index in [1.807, 2.05) is 0 Å². The van der Waals surface area contributed by atoms with Crippen molar-refractivity contribution in [1.82, 2.24) is 0 Å². The van der Waals surface area contributed by atoms with Gasteiger partial charge in [-0.2, -0.15) is 8.42 Å². The van der Waals surface area contributed by atoms with Crippen LogP contribution in [0, 0.1) is 12.3 Å². The van der Waals surface area contributed by atoms with Gasteiger partial charge < -0.3 is 5.32 Å². The number of benzene rings is 1. The zero-order valence-corrected chi connectivity index (χ0v) is 10.3.